The number of likely N-dealkylation sites (tertiary alicyclic amines) is 1. The van der Waals surface area contributed by atoms with Crippen LogP contribution in [-0.2, 0) is 16.9 Å². The van der Waals surface area contributed by atoms with Gasteiger partial charge in [-0.15, -0.1) is 0 Å². The summed E-state index contributed by atoms with van der Waals surface area (Å²) in [6, 6.07) is 17.7. The van der Waals surface area contributed by atoms with Gasteiger partial charge in [-0.3, -0.25) is 19.8 Å². The van der Waals surface area contributed by atoms with Crippen molar-refractivity contribution in [2.45, 2.75) is 31.0 Å². The summed E-state index contributed by atoms with van der Waals surface area (Å²) in [7, 11) is 3.31. The smallest absolute Gasteiger partial charge is 0.256 e. The Morgan fingerprint density at radius 3 is 2.61 bits per heavy atom. The van der Waals surface area contributed by atoms with Gasteiger partial charge in [0.05, 0.1) is 17.5 Å². The quantitative estimate of drug-likeness (QED) is 0.347. The van der Waals surface area contributed by atoms with Gasteiger partial charge in [0.15, 0.2) is 17.0 Å². The molecule has 0 bridgehead atoms. The molecule has 3 aromatic rings. The fourth-order valence-corrected chi connectivity index (χ4v) is 6.09. The van der Waals surface area contributed by atoms with E-state index in [1.807, 2.05) is 43.3 Å². The fourth-order valence-electron chi connectivity index (χ4n) is 5.51. The molecule has 2 aliphatic heterocycles. The van der Waals surface area contributed by atoms with Gasteiger partial charge in [-0.25, -0.2) is 0 Å². The number of anilines is 1. The van der Waals surface area contributed by atoms with Crippen LogP contribution in [0.2, 0.25) is 0 Å². The van der Waals surface area contributed by atoms with Gasteiger partial charge in [-0.1, -0.05) is 48.0 Å². The first-order valence-electron chi connectivity index (χ1n) is 11.6. The molecule has 0 radical (unpaired) electrons. The van der Waals surface area contributed by atoms with Gasteiger partial charge in [0.25, 0.3) is 11.9 Å². The summed E-state index contributed by atoms with van der Waals surface area (Å²) in [5, 5.41) is 15.4. The Balaban J connectivity index is 1.52. The molecule has 8 nitrogen and oxygen atoms in total. The zero-order valence-corrected chi connectivity index (χ0v) is 21.7. The fraction of sp³-hybridized carbons (Fsp3) is 0.296. The molecule has 3 aromatic carbocycles. The normalized spacial score (nSPS) is 22.9. The lowest BCUT2D eigenvalue weighted by Gasteiger charge is -2.30. The number of aryl methyl sites for hydroxylation is 1. The summed E-state index contributed by atoms with van der Waals surface area (Å²) in [4.78, 5) is 27.4. The van der Waals surface area contributed by atoms with Crippen LogP contribution in [0.15, 0.2) is 65.1 Å². The molecular weight excluding hydrogens is 526 g/mol. The first-order chi connectivity index (χ1) is 17.3. The van der Waals surface area contributed by atoms with E-state index in [0.29, 0.717) is 45.9 Å². The van der Waals surface area contributed by atoms with E-state index in [0.717, 1.165) is 5.56 Å². The van der Waals surface area contributed by atoms with Crippen LogP contribution in [0.4, 0.5) is 5.69 Å². The number of benzene rings is 3. The van der Waals surface area contributed by atoms with E-state index in [4.69, 9.17) is 9.47 Å². The molecule has 0 saturated carbocycles. The Morgan fingerprint density at radius 1 is 1.19 bits per heavy atom. The lowest BCUT2D eigenvalue weighted by molar-refractivity contribution is -0.534. The van der Waals surface area contributed by atoms with E-state index in [1.165, 1.54) is 12.7 Å². The number of likely N-dealkylation sites (N-methyl/N-ethyl adjacent to an activating group) is 1. The Labute approximate surface area is 217 Å². The van der Waals surface area contributed by atoms with Crippen LogP contribution >= 0.6 is 15.9 Å². The molecule has 1 N–H and O–H groups in total. The van der Waals surface area contributed by atoms with Crippen LogP contribution in [-0.4, -0.2) is 42.5 Å². The molecule has 0 unspecified atom stereocenters. The second kappa shape index (κ2) is 9.22. The summed E-state index contributed by atoms with van der Waals surface area (Å²) in [6.07, 6.45) is 0. The van der Waals surface area contributed by atoms with Gasteiger partial charge in [0, 0.05) is 22.7 Å². The summed E-state index contributed by atoms with van der Waals surface area (Å²) in [5.41, 5.74) is 2.72. The third kappa shape index (κ3) is 3.74. The van der Waals surface area contributed by atoms with E-state index in [-0.39, 0.29) is 10.8 Å². The Morgan fingerprint density at radius 2 is 1.92 bits per heavy atom. The molecule has 1 spiro atoms. The molecule has 0 aliphatic carbocycles. The van der Waals surface area contributed by atoms with Crippen LogP contribution in [0.25, 0.3) is 0 Å². The van der Waals surface area contributed by atoms with Crippen LogP contribution in [0.1, 0.15) is 28.2 Å². The van der Waals surface area contributed by atoms with Crippen molar-refractivity contribution in [3.05, 3.63) is 97.5 Å². The monoisotopic (exact) mass is 551 g/mol. The summed E-state index contributed by atoms with van der Waals surface area (Å²) in [6.45, 7) is 2.70. The molecular formula is C27H26BrN3O5. The number of carbonyl (C=O) groups is 1. The van der Waals surface area contributed by atoms with Crippen molar-refractivity contribution in [3.8, 4) is 11.5 Å². The third-order valence-corrected chi connectivity index (χ3v) is 7.81. The number of carbonyl (C=O) groups excluding carboxylic acids is 1. The molecule has 36 heavy (non-hydrogen) atoms. The van der Waals surface area contributed by atoms with Gasteiger partial charge in [-0.2, -0.15) is 0 Å². The van der Waals surface area contributed by atoms with E-state index in [9.17, 15) is 14.9 Å². The number of nitro groups is 1. The lowest BCUT2D eigenvalue weighted by atomic mass is 9.79. The minimum Gasteiger partial charge on any atom is -0.493 e. The van der Waals surface area contributed by atoms with Crippen molar-refractivity contribution in [1.29, 1.82) is 0 Å². The number of ether oxygens (including phenoxy) is 2. The predicted octanol–water partition coefficient (Wildman–Crippen LogP) is 4.87. The lowest BCUT2D eigenvalue weighted by Crippen LogP contribution is -2.54. The number of halogens is 1. The maximum absolute atomic E-state index is 13.3. The van der Waals surface area contributed by atoms with Gasteiger partial charge >= 0.3 is 0 Å². The highest BCUT2D eigenvalue weighted by Gasteiger charge is 2.68. The number of para-hydroxylation sites is 1. The van der Waals surface area contributed by atoms with E-state index < -0.39 is 17.5 Å². The number of nitrogens with one attached hydrogen (secondary N) is 1. The molecule has 3 atom stereocenters. The molecule has 1 saturated heterocycles. The minimum atomic E-state index is -1.40. The highest BCUT2D eigenvalue weighted by Crippen LogP contribution is 2.53. The van der Waals surface area contributed by atoms with Gasteiger partial charge < -0.3 is 14.8 Å². The number of fused-ring (bicyclic) bond motifs is 2. The maximum Gasteiger partial charge on any atom is 0.256 e. The Bertz CT molecular complexity index is 1350. The molecule has 1 amide bonds. The Hall–Kier alpha value is -3.43. The highest BCUT2D eigenvalue weighted by atomic mass is 79.9. The summed E-state index contributed by atoms with van der Waals surface area (Å²) in [5.74, 6) is 0.0516. The van der Waals surface area contributed by atoms with E-state index in [1.54, 1.807) is 36.2 Å². The molecule has 0 aromatic heterocycles. The average molecular weight is 552 g/mol. The molecule has 2 heterocycles. The van der Waals surface area contributed by atoms with Crippen molar-refractivity contribution in [1.82, 2.24) is 4.90 Å². The van der Waals surface area contributed by atoms with Gasteiger partial charge in [-0.05, 0) is 59.2 Å². The molecule has 2 aliphatic rings. The molecule has 5 rings (SSSR count). The first-order valence-corrected chi connectivity index (χ1v) is 12.4. The van der Waals surface area contributed by atoms with Crippen LogP contribution in [0.3, 0.4) is 0 Å². The van der Waals surface area contributed by atoms with E-state index in [2.05, 4.69) is 21.2 Å². The van der Waals surface area contributed by atoms with Crippen molar-refractivity contribution in [2.75, 3.05) is 26.0 Å². The zero-order valence-electron chi connectivity index (χ0n) is 20.2. The SMILES string of the molecule is COc1cc([C@@H]2CN(C)[C@@]3(C(=O)Nc4ccccc43)[C@@H]2[N+](=O)[O-])cc(Br)c1OCc1ccc(C)cc1. The second-order valence-electron chi connectivity index (χ2n) is 9.29. The summed E-state index contributed by atoms with van der Waals surface area (Å²) < 4.78 is 12.3. The molecule has 186 valence electrons. The molecule has 9 heteroatoms. The summed E-state index contributed by atoms with van der Waals surface area (Å²) >= 11 is 3.59. The van der Waals surface area contributed by atoms with Crippen molar-refractivity contribution < 1.29 is 19.2 Å². The van der Waals surface area contributed by atoms with Crippen molar-refractivity contribution in [2.24, 2.45) is 0 Å². The van der Waals surface area contributed by atoms with E-state index >= 15 is 0 Å². The van der Waals surface area contributed by atoms with Gasteiger partial charge in [0.2, 0.25) is 0 Å². The standard InChI is InChI=1S/C27H26BrN3O5/c1-16-8-10-17(11-9-16)15-36-24-21(28)12-18(13-23(24)35-3)19-14-30(2)27(25(19)31(33)34)20-6-4-5-7-22(20)29-26(27)32/h4-13,19,25H,14-15H2,1-3H3,(H,29,32)/t19-,25+,27+/m0/s1. The number of methoxy groups -OCH3 is 1. The van der Waals surface area contributed by atoms with Crippen molar-refractivity contribution in [3.63, 3.8) is 0 Å². The number of hydrogen-bond donors (Lipinski definition) is 1. The first kappa shape index (κ1) is 24.3. The number of rotatable bonds is 6. The van der Waals surface area contributed by atoms with Crippen LogP contribution < -0.4 is 14.8 Å². The third-order valence-electron chi connectivity index (χ3n) is 7.22. The van der Waals surface area contributed by atoms with Gasteiger partial charge in [0.1, 0.15) is 6.61 Å². The number of amides is 1. The van der Waals surface area contributed by atoms with Crippen LogP contribution in [0.5, 0.6) is 11.5 Å². The largest absolute Gasteiger partial charge is 0.493 e. The van der Waals surface area contributed by atoms with Crippen LogP contribution in [0, 0.1) is 17.0 Å². The second-order valence-corrected chi connectivity index (χ2v) is 10.1. The zero-order chi connectivity index (χ0) is 25.6. The predicted molar refractivity (Wildman–Crippen MR) is 139 cm³/mol. The minimum absolute atomic E-state index is 0.321. The maximum atomic E-state index is 13.3. The highest BCUT2D eigenvalue weighted by molar-refractivity contribution is 9.10. The number of nitrogens with zero attached hydrogens (tertiary/aromatic N) is 2. The van der Waals surface area contributed by atoms with Crippen molar-refractivity contribution >= 4 is 27.5 Å². The average Bonchev–Trinajstić information content (AvgIpc) is 3.33. The topological polar surface area (TPSA) is 93.9 Å². The number of hydrogen-bond acceptors (Lipinski definition) is 6. The Kier molecular flexibility index (Phi) is 6.22. The molecule has 1 fully saturated rings.